The number of amides is 1. The normalized spacial score (nSPS) is 13.8. The minimum Gasteiger partial charge on any atom is -0.355 e. The summed E-state index contributed by atoms with van der Waals surface area (Å²) in [5, 5.41) is 13.1. The Kier molecular flexibility index (Phi) is 14.8. The summed E-state index contributed by atoms with van der Waals surface area (Å²) < 4.78 is 0. The van der Waals surface area contributed by atoms with Gasteiger partial charge in [-0.2, -0.15) is 0 Å². The molecule has 2 atom stereocenters. The van der Waals surface area contributed by atoms with Gasteiger partial charge in [0.25, 0.3) is 0 Å². The Morgan fingerprint density at radius 3 is 2.23 bits per heavy atom. The van der Waals surface area contributed by atoms with Gasteiger partial charge in [0, 0.05) is 12.6 Å². The van der Waals surface area contributed by atoms with E-state index in [0.717, 1.165) is 64.8 Å². The van der Waals surface area contributed by atoms with Crippen LogP contribution in [0.5, 0.6) is 0 Å². The van der Waals surface area contributed by atoms with E-state index in [-0.39, 0.29) is 11.9 Å². The monoisotopic (exact) mass is 314 g/mol. The summed E-state index contributed by atoms with van der Waals surface area (Å²) in [6.45, 7) is 13.1. The van der Waals surface area contributed by atoms with Crippen LogP contribution in [0.15, 0.2) is 0 Å². The van der Waals surface area contributed by atoms with Crippen molar-refractivity contribution in [2.45, 2.75) is 71.9 Å². The zero-order valence-corrected chi connectivity index (χ0v) is 15.1. The molecule has 0 aliphatic rings. The molecule has 0 rings (SSSR count). The van der Waals surface area contributed by atoms with Gasteiger partial charge in [-0.25, -0.2) is 0 Å². The predicted octanol–water partition coefficient (Wildman–Crippen LogP) is 1.64. The molecule has 4 N–H and O–H groups in total. The molecule has 0 aromatic carbocycles. The molecule has 0 saturated heterocycles. The Morgan fingerprint density at radius 1 is 0.864 bits per heavy atom. The van der Waals surface area contributed by atoms with Crippen LogP contribution < -0.4 is 21.3 Å². The van der Waals surface area contributed by atoms with Crippen LogP contribution in [0, 0.1) is 0 Å². The SMILES string of the molecule is CCNCCCCC(NCC)C(=O)NCCCC(C)NCC. The van der Waals surface area contributed by atoms with Crippen LogP contribution in [-0.4, -0.2) is 50.7 Å². The number of carbonyl (C=O) groups is 1. The van der Waals surface area contributed by atoms with Crippen molar-refractivity contribution < 1.29 is 4.79 Å². The van der Waals surface area contributed by atoms with Gasteiger partial charge in [0.15, 0.2) is 0 Å². The number of nitrogens with one attached hydrogen (secondary N) is 4. The van der Waals surface area contributed by atoms with E-state index in [1.165, 1.54) is 0 Å². The van der Waals surface area contributed by atoms with Crippen LogP contribution >= 0.6 is 0 Å². The molecule has 0 heterocycles. The largest absolute Gasteiger partial charge is 0.355 e. The molecule has 1 amide bonds. The van der Waals surface area contributed by atoms with Crippen LogP contribution in [0.1, 0.15) is 59.8 Å². The number of hydrogen-bond donors (Lipinski definition) is 4. The third-order valence-electron chi connectivity index (χ3n) is 3.78. The summed E-state index contributed by atoms with van der Waals surface area (Å²) in [4.78, 5) is 12.2. The average molecular weight is 315 g/mol. The number of hydrogen-bond acceptors (Lipinski definition) is 4. The second-order valence-corrected chi connectivity index (χ2v) is 5.85. The van der Waals surface area contributed by atoms with E-state index >= 15 is 0 Å². The van der Waals surface area contributed by atoms with Crippen LogP contribution in [0.3, 0.4) is 0 Å². The Hall–Kier alpha value is -0.650. The van der Waals surface area contributed by atoms with Gasteiger partial charge < -0.3 is 21.3 Å². The second-order valence-electron chi connectivity index (χ2n) is 5.85. The van der Waals surface area contributed by atoms with E-state index in [1.807, 2.05) is 0 Å². The topological polar surface area (TPSA) is 65.2 Å². The van der Waals surface area contributed by atoms with Gasteiger partial charge in [-0.05, 0) is 58.8 Å². The Balaban J connectivity index is 3.83. The van der Waals surface area contributed by atoms with Gasteiger partial charge in [-0.3, -0.25) is 4.79 Å². The van der Waals surface area contributed by atoms with Crippen molar-refractivity contribution >= 4 is 5.91 Å². The fourth-order valence-electron chi connectivity index (χ4n) is 2.54. The Bertz CT molecular complexity index is 261. The first-order valence-electron chi connectivity index (χ1n) is 9.10. The molecule has 0 aliphatic carbocycles. The molecule has 5 heteroatoms. The average Bonchev–Trinajstić information content (AvgIpc) is 2.50. The van der Waals surface area contributed by atoms with E-state index < -0.39 is 0 Å². The molecule has 22 heavy (non-hydrogen) atoms. The lowest BCUT2D eigenvalue weighted by atomic mass is 10.1. The maximum atomic E-state index is 12.2. The standard InChI is InChI=1S/C17H38N4O/c1-5-18-13-9-8-12-16(20-7-3)17(22)21-14-10-11-15(4)19-6-2/h15-16,18-20H,5-14H2,1-4H3,(H,21,22). The third kappa shape index (κ3) is 12.0. The van der Waals surface area contributed by atoms with E-state index in [4.69, 9.17) is 0 Å². The molecule has 0 aromatic heterocycles. The van der Waals surface area contributed by atoms with E-state index in [0.29, 0.717) is 6.04 Å². The van der Waals surface area contributed by atoms with E-state index in [2.05, 4.69) is 49.0 Å². The minimum atomic E-state index is -0.0437. The fraction of sp³-hybridized carbons (Fsp3) is 0.941. The number of unbranched alkanes of at least 4 members (excludes halogenated alkanes) is 1. The molecular formula is C17H38N4O. The van der Waals surface area contributed by atoms with Gasteiger partial charge in [0.05, 0.1) is 6.04 Å². The first-order valence-corrected chi connectivity index (χ1v) is 9.10. The Morgan fingerprint density at radius 2 is 1.59 bits per heavy atom. The smallest absolute Gasteiger partial charge is 0.237 e. The van der Waals surface area contributed by atoms with Crippen molar-refractivity contribution in [3.8, 4) is 0 Å². The molecule has 0 radical (unpaired) electrons. The van der Waals surface area contributed by atoms with Crippen LogP contribution in [0.25, 0.3) is 0 Å². The zero-order valence-electron chi connectivity index (χ0n) is 15.1. The molecule has 0 aliphatic heterocycles. The highest BCUT2D eigenvalue weighted by molar-refractivity contribution is 5.81. The quantitative estimate of drug-likeness (QED) is 0.347. The molecule has 0 bridgehead atoms. The highest BCUT2D eigenvalue weighted by Gasteiger charge is 2.16. The summed E-state index contributed by atoms with van der Waals surface area (Å²) in [5.41, 5.74) is 0. The van der Waals surface area contributed by atoms with Crippen molar-refractivity contribution in [3.05, 3.63) is 0 Å². The van der Waals surface area contributed by atoms with Crippen molar-refractivity contribution in [1.82, 2.24) is 21.3 Å². The third-order valence-corrected chi connectivity index (χ3v) is 3.78. The van der Waals surface area contributed by atoms with E-state index in [1.54, 1.807) is 0 Å². The maximum Gasteiger partial charge on any atom is 0.237 e. The Labute approximate surface area is 137 Å². The molecule has 0 fully saturated rings. The molecule has 132 valence electrons. The van der Waals surface area contributed by atoms with Crippen LogP contribution in [0.2, 0.25) is 0 Å². The fourth-order valence-corrected chi connectivity index (χ4v) is 2.54. The molecular weight excluding hydrogens is 276 g/mol. The summed E-state index contributed by atoms with van der Waals surface area (Å²) in [6.07, 6.45) is 5.25. The van der Waals surface area contributed by atoms with Crippen molar-refractivity contribution in [3.63, 3.8) is 0 Å². The summed E-state index contributed by atoms with van der Waals surface area (Å²) in [6, 6.07) is 0.482. The first-order chi connectivity index (χ1) is 10.7. The van der Waals surface area contributed by atoms with E-state index in [9.17, 15) is 4.79 Å². The lowest BCUT2D eigenvalue weighted by Crippen LogP contribution is -2.44. The van der Waals surface area contributed by atoms with Crippen molar-refractivity contribution in [2.24, 2.45) is 0 Å². The number of rotatable bonds is 15. The number of carbonyl (C=O) groups excluding carboxylic acids is 1. The minimum absolute atomic E-state index is 0.0437. The molecule has 2 unspecified atom stereocenters. The summed E-state index contributed by atoms with van der Waals surface area (Å²) in [7, 11) is 0. The second kappa shape index (κ2) is 15.3. The predicted molar refractivity (Wildman–Crippen MR) is 95.2 cm³/mol. The molecule has 5 nitrogen and oxygen atoms in total. The van der Waals surface area contributed by atoms with Gasteiger partial charge in [-0.1, -0.05) is 27.2 Å². The van der Waals surface area contributed by atoms with Crippen molar-refractivity contribution in [2.75, 3.05) is 32.7 Å². The van der Waals surface area contributed by atoms with Crippen molar-refractivity contribution in [1.29, 1.82) is 0 Å². The van der Waals surface area contributed by atoms with Gasteiger partial charge >= 0.3 is 0 Å². The molecule has 0 aromatic rings. The lowest BCUT2D eigenvalue weighted by Gasteiger charge is -2.18. The van der Waals surface area contributed by atoms with Gasteiger partial charge in [0.2, 0.25) is 5.91 Å². The highest BCUT2D eigenvalue weighted by atomic mass is 16.2. The highest BCUT2D eigenvalue weighted by Crippen LogP contribution is 2.02. The maximum absolute atomic E-state index is 12.2. The summed E-state index contributed by atoms with van der Waals surface area (Å²) in [5.74, 6) is 0.154. The van der Waals surface area contributed by atoms with Crippen LogP contribution in [0.4, 0.5) is 0 Å². The zero-order chi connectivity index (χ0) is 16.6. The van der Waals surface area contributed by atoms with Gasteiger partial charge in [-0.15, -0.1) is 0 Å². The number of likely N-dealkylation sites (N-methyl/N-ethyl adjacent to an activating group) is 1. The molecule has 0 saturated carbocycles. The summed E-state index contributed by atoms with van der Waals surface area (Å²) >= 11 is 0. The lowest BCUT2D eigenvalue weighted by molar-refractivity contribution is -0.123. The van der Waals surface area contributed by atoms with Crippen LogP contribution in [-0.2, 0) is 4.79 Å². The molecule has 0 spiro atoms. The van der Waals surface area contributed by atoms with Gasteiger partial charge in [0.1, 0.15) is 0 Å². The first kappa shape index (κ1) is 21.4.